The largest absolute Gasteiger partial charge is 0.542 e. The van der Waals surface area contributed by atoms with Crippen molar-refractivity contribution in [2.75, 3.05) is 6.61 Å². The van der Waals surface area contributed by atoms with Gasteiger partial charge in [-0.25, -0.2) is 9.78 Å². The molecule has 5 nitrogen and oxygen atoms in total. The van der Waals surface area contributed by atoms with Gasteiger partial charge in [0.25, 0.3) is 8.32 Å². The minimum Gasteiger partial charge on any atom is -0.542 e. The van der Waals surface area contributed by atoms with Gasteiger partial charge < -0.3 is 13.9 Å². The van der Waals surface area contributed by atoms with Gasteiger partial charge >= 0.3 is 5.97 Å². The number of rotatable bonds is 9. The maximum Gasteiger partial charge on any atom is 0.331 e. The second-order valence-corrected chi connectivity index (χ2v) is 22.5. The van der Waals surface area contributed by atoms with Crippen molar-refractivity contribution in [1.29, 1.82) is 0 Å². The Bertz CT molecular complexity index is 1050. The van der Waals surface area contributed by atoms with Crippen molar-refractivity contribution < 1.29 is 18.7 Å². The molecule has 2 rings (SSSR count). The van der Waals surface area contributed by atoms with Crippen molar-refractivity contribution in [3.63, 3.8) is 0 Å². The second kappa shape index (κ2) is 11.3. The Balaban J connectivity index is 2.11. The molecular formula is C27H40ClNO4Si2. The lowest BCUT2D eigenvalue weighted by Crippen LogP contribution is -2.43. The topological polar surface area (TPSA) is 57.7 Å². The maximum atomic E-state index is 12.2. The number of nitrogens with zero attached hydrogens (tertiary/aromatic N) is 1. The van der Waals surface area contributed by atoms with Crippen LogP contribution in [0.1, 0.15) is 38.8 Å². The van der Waals surface area contributed by atoms with Crippen LogP contribution in [0.5, 0.6) is 17.4 Å². The molecule has 0 atom stereocenters. The highest BCUT2D eigenvalue weighted by atomic mass is 35.5. The van der Waals surface area contributed by atoms with Crippen molar-refractivity contribution in [2.24, 2.45) is 0 Å². The first-order chi connectivity index (χ1) is 16.0. The SMILES string of the molecule is CC(=CC(=O)OCC[Si](C)(C)C)c1cc(C)c(Oc2ccc(O[Si](C)(C)C(C)(C)C)cn2)c(Cl)c1. The van der Waals surface area contributed by atoms with Crippen LogP contribution in [0.25, 0.3) is 5.57 Å². The van der Waals surface area contributed by atoms with Gasteiger partial charge in [-0.15, -0.1) is 0 Å². The van der Waals surface area contributed by atoms with E-state index in [2.05, 4.69) is 58.5 Å². The Labute approximate surface area is 218 Å². The van der Waals surface area contributed by atoms with E-state index in [-0.39, 0.29) is 11.0 Å². The van der Waals surface area contributed by atoms with E-state index in [4.69, 9.17) is 25.5 Å². The molecule has 0 aliphatic heterocycles. The van der Waals surface area contributed by atoms with Gasteiger partial charge in [-0.05, 0) is 72.9 Å². The summed E-state index contributed by atoms with van der Waals surface area (Å²) >= 11 is 6.56. The predicted molar refractivity (Wildman–Crippen MR) is 151 cm³/mol. The van der Waals surface area contributed by atoms with E-state index < -0.39 is 16.4 Å². The maximum absolute atomic E-state index is 12.2. The van der Waals surface area contributed by atoms with E-state index in [9.17, 15) is 4.79 Å². The molecule has 1 aromatic carbocycles. The molecule has 0 spiro atoms. The third-order valence-electron chi connectivity index (χ3n) is 6.21. The monoisotopic (exact) mass is 533 g/mol. The van der Waals surface area contributed by atoms with Crippen LogP contribution >= 0.6 is 11.6 Å². The first-order valence-corrected chi connectivity index (χ1v) is 19.0. The number of hydrogen-bond donors (Lipinski definition) is 0. The Morgan fingerprint density at radius 2 is 1.77 bits per heavy atom. The Hall–Kier alpha value is -2.10. The van der Waals surface area contributed by atoms with Gasteiger partial charge in [0.15, 0.2) is 5.75 Å². The first-order valence-electron chi connectivity index (χ1n) is 12.0. The summed E-state index contributed by atoms with van der Waals surface area (Å²) in [6, 6.07) is 8.34. The number of ether oxygens (including phenoxy) is 2. The summed E-state index contributed by atoms with van der Waals surface area (Å²) in [4.78, 5) is 16.6. The van der Waals surface area contributed by atoms with E-state index in [0.717, 1.165) is 28.5 Å². The number of pyridine rings is 1. The highest BCUT2D eigenvalue weighted by molar-refractivity contribution is 6.76. The van der Waals surface area contributed by atoms with Crippen LogP contribution in [0, 0.1) is 6.92 Å². The average molecular weight is 534 g/mol. The van der Waals surface area contributed by atoms with Gasteiger partial charge in [-0.1, -0.05) is 52.0 Å². The minimum atomic E-state index is -1.94. The zero-order chi connectivity index (χ0) is 26.6. The molecule has 0 fully saturated rings. The molecular weight excluding hydrogens is 494 g/mol. The summed E-state index contributed by atoms with van der Waals surface area (Å²) in [6.45, 7) is 22.0. The van der Waals surface area contributed by atoms with Crippen LogP contribution in [0.2, 0.25) is 48.8 Å². The molecule has 192 valence electrons. The summed E-state index contributed by atoms with van der Waals surface area (Å²) in [6.07, 6.45) is 3.20. The molecule has 8 heteroatoms. The van der Waals surface area contributed by atoms with Crippen LogP contribution in [0.4, 0.5) is 0 Å². The van der Waals surface area contributed by atoms with Gasteiger partial charge in [0.2, 0.25) is 5.88 Å². The Kier molecular flexibility index (Phi) is 9.42. The van der Waals surface area contributed by atoms with Crippen LogP contribution in [0.15, 0.2) is 36.5 Å². The number of halogens is 1. The fourth-order valence-corrected chi connectivity index (χ4v) is 4.92. The third-order valence-corrected chi connectivity index (χ3v) is 12.6. The molecule has 0 aliphatic rings. The van der Waals surface area contributed by atoms with Crippen LogP contribution < -0.4 is 9.16 Å². The molecule has 0 saturated heterocycles. The summed E-state index contributed by atoms with van der Waals surface area (Å²) in [5.41, 5.74) is 2.47. The molecule has 0 radical (unpaired) electrons. The zero-order valence-corrected chi connectivity index (χ0v) is 25.6. The molecule has 0 saturated carbocycles. The third kappa shape index (κ3) is 8.81. The number of allylic oxidation sites excluding steroid dienone is 1. The fraction of sp³-hybridized carbons (Fsp3) is 0.481. The fourth-order valence-electron chi connectivity index (χ4n) is 2.89. The molecule has 2 aromatic rings. The molecule has 35 heavy (non-hydrogen) atoms. The Morgan fingerprint density at radius 3 is 2.29 bits per heavy atom. The highest BCUT2D eigenvalue weighted by Crippen LogP contribution is 2.38. The van der Waals surface area contributed by atoms with E-state index in [1.54, 1.807) is 18.3 Å². The molecule has 1 heterocycles. The van der Waals surface area contributed by atoms with Gasteiger partial charge in [-0.2, -0.15) is 0 Å². The van der Waals surface area contributed by atoms with Gasteiger partial charge in [0.05, 0.1) is 17.8 Å². The molecule has 0 bridgehead atoms. The molecule has 0 aliphatic carbocycles. The van der Waals surface area contributed by atoms with E-state index in [0.29, 0.717) is 23.3 Å². The number of carbonyl (C=O) groups is 1. The lowest BCUT2D eigenvalue weighted by Gasteiger charge is -2.36. The average Bonchev–Trinajstić information content (AvgIpc) is 2.69. The van der Waals surface area contributed by atoms with E-state index in [1.807, 2.05) is 26.0 Å². The number of aromatic nitrogens is 1. The number of esters is 1. The molecule has 0 amide bonds. The standard InChI is InChI=1S/C27H40ClNO4Si2/c1-19(16-25(30)31-13-14-34(6,7)8)21-15-20(2)26(23(28)17-21)32-24-12-11-22(18-29-24)33-35(9,10)27(3,4)5/h11-12,15-18H,13-14H2,1-10H3. The highest BCUT2D eigenvalue weighted by Gasteiger charge is 2.39. The number of carbonyl (C=O) groups excluding carboxylic acids is 1. The quantitative estimate of drug-likeness (QED) is 0.184. The van der Waals surface area contributed by atoms with Gasteiger partial charge in [0, 0.05) is 20.2 Å². The predicted octanol–water partition coefficient (Wildman–Crippen LogP) is 8.50. The van der Waals surface area contributed by atoms with Crippen LogP contribution in [-0.2, 0) is 9.53 Å². The summed E-state index contributed by atoms with van der Waals surface area (Å²) in [7, 11) is -3.18. The normalized spacial score (nSPS) is 12.9. The summed E-state index contributed by atoms with van der Waals surface area (Å²) in [5, 5.41) is 0.550. The first kappa shape index (κ1) is 29.1. The number of aryl methyl sites for hydroxylation is 1. The van der Waals surface area contributed by atoms with Gasteiger partial charge in [-0.3, -0.25) is 0 Å². The molecule has 0 unspecified atom stereocenters. The summed E-state index contributed by atoms with van der Waals surface area (Å²) < 4.78 is 17.7. The van der Waals surface area contributed by atoms with Crippen molar-refractivity contribution in [3.05, 3.63) is 52.7 Å². The smallest absolute Gasteiger partial charge is 0.331 e. The number of benzene rings is 1. The number of hydrogen-bond acceptors (Lipinski definition) is 5. The van der Waals surface area contributed by atoms with Crippen molar-refractivity contribution >= 4 is 39.5 Å². The lowest BCUT2D eigenvalue weighted by atomic mass is 10.0. The second-order valence-electron chi connectivity index (χ2n) is 11.7. The minimum absolute atomic E-state index is 0.103. The van der Waals surface area contributed by atoms with E-state index >= 15 is 0 Å². The zero-order valence-electron chi connectivity index (χ0n) is 22.8. The summed E-state index contributed by atoms with van der Waals surface area (Å²) in [5.74, 6) is 1.37. The van der Waals surface area contributed by atoms with Gasteiger partial charge in [0.1, 0.15) is 5.75 Å². The van der Waals surface area contributed by atoms with E-state index in [1.165, 1.54) is 6.08 Å². The van der Waals surface area contributed by atoms with Crippen molar-refractivity contribution in [1.82, 2.24) is 4.98 Å². The van der Waals surface area contributed by atoms with Crippen molar-refractivity contribution in [3.8, 4) is 17.4 Å². The molecule has 0 N–H and O–H groups in total. The Morgan fingerprint density at radius 1 is 1.11 bits per heavy atom. The van der Waals surface area contributed by atoms with Crippen molar-refractivity contribution in [2.45, 2.75) is 78.4 Å². The van der Waals surface area contributed by atoms with Crippen LogP contribution in [0.3, 0.4) is 0 Å². The lowest BCUT2D eigenvalue weighted by molar-refractivity contribution is -0.137. The molecule has 1 aromatic heterocycles. The van der Waals surface area contributed by atoms with Crippen LogP contribution in [-0.4, -0.2) is 34.0 Å².